The van der Waals surface area contributed by atoms with Gasteiger partial charge in [0, 0.05) is 5.41 Å². The Morgan fingerprint density at radius 3 is 2.62 bits per heavy atom. The fourth-order valence-electron chi connectivity index (χ4n) is 1.74. The molecule has 5 nitrogen and oxygen atoms in total. The third-order valence-electron chi connectivity index (χ3n) is 2.65. The molecular weight excluding hydrogens is 206 g/mol. The summed E-state index contributed by atoms with van der Waals surface area (Å²) >= 11 is 0. The molecule has 0 saturated heterocycles. The standard InChI is InChI=1S/C11H17N3O2/c1-5-6-12-9(15)7-8(11(2,3)4)14-16-10(7)13-6/h6,13H,5H2,1-4H3,(H,12,15). The molecule has 0 bridgehead atoms. The fourth-order valence-corrected chi connectivity index (χ4v) is 1.74. The quantitative estimate of drug-likeness (QED) is 0.762. The lowest BCUT2D eigenvalue weighted by atomic mass is 9.88. The van der Waals surface area contributed by atoms with E-state index in [-0.39, 0.29) is 17.5 Å². The van der Waals surface area contributed by atoms with Gasteiger partial charge in [0.1, 0.15) is 17.4 Å². The van der Waals surface area contributed by atoms with E-state index >= 15 is 0 Å². The summed E-state index contributed by atoms with van der Waals surface area (Å²) in [5.74, 6) is 0.382. The van der Waals surface area contributed by atoms with Crippen molar-refractivity contribution in [1.29, 1.82) is 0 Å². The van der Waals surface area contributed by atoms with Crippen LogP contribution in [0, 0.1) is 0 Å². The largest absolute Gasteiger partial charge is 0.338 e. The third kappa shape index (κ3) is 1.66. The molecule has 5 heteroatoms. The average molecular weight is 223 g/mol. The summed E-state index contributed by atoms with van der Waals surface area (Å²) in [4.78, 5) is 11.9. The molecular formula is C11H17N3O2. The van der Waals surface area contributed by atoms with Gasteiger partial charge in [0.25, 0.3) is 5.91 Å². The first-order valence-corrected chi connectivity index (χ1v) is 5.51. The molecule has 1 aliphatic rings. The van der Waals surface area contributed by atoms with Gasteiger partial charge < -0.3 is 15.2 Å². The van der Waals surface area contributed by atoms with Crippen LogP contribution in [0.1, 0.15) is 50.2 Å². The van der Waals surface area contributed by atoms with Gasteiger partial charge in [0.2, 0.25) is 5.88 Å². The van der Waals surface area contributed by atoms with Crippen LogP contribution in [0.2, 0.25) is 0 Å². The number of fused-ring (bicyclic) bond motifs is 1. The van der Waals surface area contributed by atoms with Crippen molar-refractivity contribution in [3.8, 4) is 0 Å². The molecule has 0 aliphatic carbocycles. The van der Waals surface area contributed by atoms with Crippen LogP contribution in [0.15, 0.2) is 4.52 Å². The second kappa shape index (κ2) is 3.50. The summed E-state index contributed by atoms with van der Waals surface area (Å²) in [6.45, 7) is 8.00. The highest BCUT2D eigenvalue weighted by Gasteiger charge is 2.34. The Bertz CT molecular complexity index is 417. The Kier molecular flexibility index (Phi) is 2.40. The number of rotatable bonds is 1. The van der Waals surface area contributed by atoms with Crippen LogP contribution >= 0.6 is 0 Å². The Labute approximate surface area is 94.6 Å². The lowest BCUT2D eigenvalue weighted by Crippen LogP contribution is -2.44. The Morgan fingerprint density at radius 2 is 2.06 bits per heavy atom. The van der Waals surface area contributed by atoms with E-state index in [2.05, 4.69) is 15.8 Å². The van der Waals surface area contributed by atoms with Gasteiger partial charge >= 0.3 is 0 Å². The molecule has 88 valence electrons. The maximum absolute atomic E-state index is 11.9. The van der Waals surface area contributed by atoms with Gasteiger partial charge in [-0.05, 0) is 6.42 Å². The van der Waals surface area contributed by atoms with Crippen LogP contribution in [0.25, 0.3) is 0 Å². The van der Waals surface area contributed by atoms with Gasteiger partial charge in [-0.25, -0.2) is 0 Å². The minimum absolute atomic E-state index is 0.0687. The second-order valence-electron chi connectivity index (χ2n) is 5.06. The van der Waals surface area contributed by atoms with Crippen molar-refractivity contribution in [3.05, 3.63) is 11.3 Å². The van der Waals surface area contributed by atoms with E-state index in [9.17, 15) is 4.79 Å². The van der Waals surface area contributed by atoms with Gasteiger partial charge in [-0.2, -0.15) is 0 Å². The number of carbonyl (C=O) groups is 1. The van der Waals surface area contributed by atoms with Crippen LogP contribution < -0.4 is 10.6 Å². The molecule has 2 heterocycles. The SMILES string of the molecule is CCC1NC(=O)c2c(C(C)(C)C)noc2N1. The van der Waals surface area contributed by atoms with E-state index in [1.807, 2.05) is 27.7 Å². The van der Waals surface area contributed by atoms with Gasteiger partial charge in [-0.3, -0.25) is 4.79 Å². The van der Waals surface area contributed by atoms with Crippen LogP contribution in [-0.2, 0) is 5.41 Å². The van der Waals surface area contributed by atoms with Crippen LogP contribution in [0.4, 0.5) is 5.88 Å². The van der Waals surface area contributed by atoms with Crippen molar-refractivity contribution in [2.45, 2.75) is 45.7 Å². The van der Waals surface area contributed by atoms with Gasteiger partial charge in [0.05, 0.1) is 0 Å². The Hall–Kier alpha value is -1.52. The summed E-state index contributed by atoms with van der Waals surface area (Å²) < 4.78 is 5.19. The summed E-state index contributed by atoms with van der Waals surface area (Å²) in [6.07, 6.45) is 0.734. The van der Waals surface area contributed by atoms with Gasteiger partial charge in [-0.15, -0.1) is 0 Å². The molecule has 0 fully saturated rings. The predicted molar refractivity (Wildman–Crippen MR) is 60.4 cm³/mol. The van der Waals surface area contributed by atoms with Crippen molar-refractivity contribution in [2.24, 2.45) is 0 Å². The molecule has 2 rings (SSSR count). The Morgan fingerprint density at radius 1 is 1.38 bits per heavy atom. The van der Waals surface area contributed by atoms with Crippen molar-refractivity contribution in [1.82, 2.24) is 10.5 Å². The lowest BCUT2D eigenvalue weighted by Gasteiger charge is -2.24. The lowest BCUT2D eigenvalue weighted by molar-refractivity contribution is 0.0931. The van der Waals surface area contributed by atoms with Crippen molar-refractivity contribution >= 4 is 11.8 Å². The first-order valence-electron chi connectivity index (χ1n) is 5.51. The van der Waals surface area contributed by atoms with Gasteiger partial charge in [-0.1, -0.05) is 32.9 Å². The molecule has 1 unspecified atom stereocenters. The molecule has 1 atom stereocenters. The van der Waals surface area contributed by atoms with E-state index in [0.717, 1.165) is 6.42 Å². The molecule has 1 aliphatic heterocycles. The van der Waals surface area contributed by atoms with Gasteiger partial charge in [0.15, 0.2) is 0 Å². The third-order valence-corrected chi connectivity index (χ3v) is 2.65. The first-order chi connectivity index (χ1) is 7.43. The topological polar surface area (TPSA) is 67.2 Å². The summed E-state index contributed by atoms with van der Waals surface area (Å²) in [7, 11) is 0. The minimum atomic E-state index is -0.199. The van der Waals surface area contributed by atoms with E-state index in [1.54, 1.807) is 0 Å². The van der Waals surface area contributed by atoms with Crippen molar-refractivity contribution in [3.63, 3.8) is 0 Å². The number of hydrogen-bond donors (Lipinski definition) is 2. The van der Waals surface area contributed by atoms with Crippen LogP contribution in [0.3, 0.4) is 0 Å². The Balaban J connectivity index is 2.44. The number of anilines is 1. The maximum Gasteiger partial charge on any atom is 0.260 e. The number of aromatic nitrogens is 1. The summed E-state index contributed by atoms with van der Waals surface area (Å²) in [5.41, 5.74) is 1.04. The predicted octanol–water partition coefficient (Wildman–Crippen LogP) is 1.86. The maximum atomic E-state index is 11.9. The fraction of sp³-hybridized carbons (Fsp3) is 0.636. The number of carbonyl (C=O) groups excluding carboxylic acids is 1. The van der Waals surface area contributed by atoms with Crippen molar-refractivity contribution < 1.29 is 9.32 Å². The summed E-state index contributed by atoms with van der Waals surface area (Å²) in [5, 5.41) is 9.97. The number of nitrogens with zero attached hydrogens (tertiary/aromatic N) is 1. The van der Waals surface area contributed by atoms with E-state index in [0.29, 0.717) is 17.1 Å². The number of hydrogen-bond acceptors (Lipinski definition) is 4. The van der Waals surface area contributed by atoms with Crippen LogP contribution in [0.5, 0.6) is 0 Å². The van der Waals surface area contributed by atoms with E-state index in [4.69, 9.17) is 4.52 Å². The zero-order valence-corrected chi connectivity index (χ0v) is 10.0. The zero-order chi connectivity index (χ0) is 11.9. The average Bonchev–Trinajstić information content (AvgIpc) is 2.60. The number of amides is 1. The normalized spacial score (nSPS) is 20.0. The highest BCUT2D eigenvalue weighted by molar-refractivity contribution is 6.01. The minimum Gasteiger partial charge on any atom is -0.338 e. The molecule has 1 aromatic rings. The molecule has 0 radical (unpaired) electrons. The highest BCUT2D eigenvalue weighted by atomic mass is 16.5. The molecule has 0 spiro atoms. The van der Waals surface area contributed by atoms with Crippen molar-refractivity contribution in [2.75, 3.05) is 5.32 Å². The second-order valence-corrected chi connectivity index (χ2v) is 5.06. The molecule has 1 amide bonds. The molecule has 1 aromatic heterocycles. The van der Waals surface area contributed by atoms with Crippen LogP contribution in [-0.4, -0.2) is 17.2 Å². The zero-order valence-electron chi connectivity index (χ0n) is 10.0. The van der Waals surface area contributed by atoms with E-state index in [1.165, 1.54) is 0 Å². The smallest absolute Gasteiger partial charge is 0.260 e. The van der Waals surface area contributed by atoms with E-state index < -0.39 is 0 Å². The molecule has 0 saturated carbocycles. The molecule has 0 aromatic carbocycles. The molecule has 2 N–H and O–H groups in total. The summed E-state index contributed by atoms with van der Waals surface area (Å²) in [6, 6.07) is 0. The molecule has 16 heavy (non-hydrogen) atoms. The highest BCUT2D eigenvalue weighted by Crippen LogP contribution is 2.32. The monoisotopic (exact) mass is 223 g/mol. The number of nitrogens with one attached hydrogen (secondary N) is 2. The first kappa shape index (κ1) is 11.0.